The molecule has 2 aromatic carbocycles. The molecule has 0 bridgehead atoms. The van der Waals surface area contributed by atoms with E-state index in [0.717, 1.165) is 12.1 Å². The zero-order chi connectivity index (χ0) is 15.4. The minimum Gasteiger partial charge on any atom is -0.360 e. The van der Waals surface area contributed by atoms with Crippen LogP contribution in [0.1, 0.15) is 12.5 Å². The van der Waals surface area contributed by atoms with Crippen molar-refractivity contribution >= 4 is 23.4 Å². The van der Waals surface area contributed by atoms with Gasteiger partial charge < -0.3 is 10.2 Å². The van der Waals surface area contributed by atoms with Crippen LogP contribution in [0.15, 0.2) is 59.5 Å². The summed E-state index contributed by atoms with van der Waals surface area (Å²) in [5.41, 5.74) is 2.29. The van der Waals surface area contributed by atoms with Gasteiger partial charge in [0.15, 0.2) is 0 Å². The first kappa shape index (κ1) is 15.0. The molecule has 2 aromatic rings. The Labute approximate surface area is 135 Å². The summed E-state index contributed by atoms with van der Waals surface area (Å²) in [7, 11) is 0. The number of amides is 1. The number of fused-ring (bicyclic) bond motifs is 1. The van der Waals surface area contributed by atoms with Crippen molar-refractivity contribution in [1.82, 2.24) is 5.32 Å². The minimum atomic E-state index is 0.0674. The summed E-state index contributed by atoms with van der Waals surface area (Å²) in [6.07, 6.45) is 0. The molecule has 3 rings (SSSR count). The predicted octanol–water partition coefficient (Wildman–Crippen LogP) is 3.30. The number of carbonyl (C=O) groups excluding carboxylic acids is 1. The summed E-state index contributed by atoms with van der Waals surface area (Å²) in [6, 6.07) is 18.3. The number of nitrogens with zero attached hydrogens (tertiary/aromatic N) is 1. The normalized spacial score (nSPS) is 17.0. The van der Waals surface area contributed by atoms with Crippen molar-refractivity contribution in [1.29, 1.82) is 0 Å². The zero-order valence-electron chi connectivity index (χ0n) is 12.7. The number of rotatable bonds is 4. The van der Waals surface area contributed by atoms with Gasteiger partial charge in [-0.05, 0) is 17.7 Å². The molecule has 1 atom stereocenters. The van der Waals surface area contributed by atoms with E-state index in [4.69, 9.17) is 0 Å². The molecule has 0 radical (unpaired) electrons. The lowest BCUT2D eigenvalue weighted by molar-refractivity contribution is -0.119. The highest BCUT2D eigenvalue weighted by Crippen LogP contribution is 2.37. The molecule has 1 unspecified atom stereocenters. The quantitative estimate of drug-likeness (QED) is 0.940. The Morgan fingerprint density at radius 2 is 1.91 bits per heavy atom. The summed E-state index contributed by atoms with van der Waals surface area (Å²) >= 11 is 1.88. The molecule has 0 aliphatic carbocycles. The van der Waals surface area contributed by atoms with Gasteiger partial charge in [-0.15, -0.1) is 11.8 Å². The maximum Gasteiger partial charge on any atom is 0.239 e. The van der Waals surface area contributed by atoms with E-state index in [-0.39, 0.29) is 5.91 Å². The number of anilines is 1. The van der Waals surface area contributed by atoms with Gasteiger partial charge in [-0.2, -0.15) is 0 Å². The number of carbonyl (C=O) groups is 1. The monoisotopic (exact) mass is 312 g/mol. The minimum absolute atomic E-state index is 0.0674. The fourth-order valence-electron chi connectivity index (χ4n) is 2.66. The van der Waals surface area contributed by atoms with E-state index in [1.807, 2.05) is 48.2 Å². The van der Waals surface area contributed by atoms with Gasteiger partial charge >= 0.3 is 0 Å². The number of hydrogen-bond acceptors (Lipinski definition) is 3. The first-order valence-electron chi connectivity index (χ1n) is 7.53. The van der Waals surface area contributed by atoms with Crippen molar-refractivity contribution in [2.75, 3.05) is 18.0 Å². The van der Waals surface area contributed by atoms with E-state index < -0.39 is 0 Å². The Bertz CT molecular complexity index is 645. The third-order valence-corrected chi connectivity index (χ3v) is 4.83. The average Bonchev–Trinajstić information content (AvgIpc) is 2.54. The Balaban J connectivity index is 1.62. The summed E-state index contributed by atoms with van der Waals surface area (Å²) in [6.45, 7) is 4.10. The van der Waals surface area contributed by atoms with Crippen molar-refractivity contribution in [3.05, 3.63) is 60.2 Å². The van der Waals surface area contributed by atoms with Crippen molar-refractivity contribution in [3.8, 4) is 0 Å². The number of benzene rings is 2. The van der Waals surface area contributed by atoms with Crippen LogP contribution in [0.5, 0.6) is 0 Å². The Morgan fingerprint density at radius 1 is 1.18 bits per heavy atom. The average molecular weight is 312 g/mol. The third-order valence-electron chi connectivity index (χ3n) is 3.68. The molecule has 0 aromatic heterocycles. The van der Waals surface area contributed by atoms with E-state index >= 15 is 0 Å². The SMILES string of the molecule is CC1CN(CC(=O)NCc2ccccc2)c2ccccc2S1. The summed E-state index contributed by atoms with van der Waals surface area (Å²) < 4.78 is 0. The molecule has 114 valence electrons. The summed E-state index contributed by atoms with van der Waals surface area (Å²) in [5, 5.41) is 3.50. The standard InChI is InChI=1S/C18H20N2OS/c1-14-12-20(16-9-5-6-10-17(16)22-14)13-18(21)19-11-15-7-3-2-4-8-15/h2-10,14H,11-13H2,1H3,(H,19,21). The maximum atomic E-state index is 12.2. The van der Waals surface area contributed by atoms with Gasteiger partial charge in [-0.3, -0.25) is 4.79 Å². The van der Waals surface area contributed by atoms with E-state index in [0.29, 0.717) is 18.3 Å². The van der Waals surface area contributed by atoms with Crippen molar-refractivity contribution < 1.29 is 4.79 Å². The van der Waals surface area contributed by atoms with E-state index in [1.54, 1.807) is 0 Å². The Hall–Kier alpha value is -1.94. The molecule has 0 saturated carbocycles. The molecule has 1 amide bonds. The van der Waals surface area contributed by atoms with Crippen LogP contribution in [0.3, 0.4) is 0 Å². The highest BCUT2D eigenvalue weighted by atomic mass is 32.2. The van der Waals surface area contributed by atoms with Gasteiger partial charge in [-0.1, -0.05) is 49.4 Å². The van der Waals surface area contributed by atoms with Gasteiger partial charge in [0.1, 0.15) is 0 Å². The number of thioether (sulfide) groups is 1. The van der Waals surface area contributed by atoms with Crippen molar-refractivity contribution in [2.45, 2.75) is 23.6 Å². The van der Waals surface area contributed by atoms with Crippen LogP contribution in [0.2, 0.25) is 0 Å². The molecule has 1 N–H and O–H groups in total. The molecule has 0 fully saturated rings. The highest BCUT2D eigenvalue weighted by molar-refractivity contribution is 8.00. The van der Waals surface area contributed by atoms with Crippen LogP contribution >= 0.6 is 11.8 Å². The first-order chi connectivity index (χ1) is 10.7. The van der Waals surface area contributed by atoms with Gasteiger partial charge in [0.25, 0.3) is 0 Å². The number of hydrogen-bond donors (Lipinski definition) is 1. The Kier molecular flexibility index (Phi) is 4.68. The lowest BCUT2D eigenvalue weighted by Crippen LogP contribution is -2.41. The lowest BCUT2D eigenvalue weighted by atomic mass is 10.2. The predicted molar refractivity (Wildman–Crippen MR) is 92.3 cm³/mol. The molecule has 3 nitrogen and oxygen atoms in total. The van der Waals surface area contributed by atoms with Crippen LogP contribution in [0.25, 0.3) is 0 Å². The smallest absolute Gasteiger partial charge is 0.239 e. The zero-order valence-corrected chi connectivity index (χ0v) is 13.5. The molecular weight excluding hydrogens is 292 g/mol. The first-order valence-corrected chi connectivity index (χ1v) is 8.41. The van der Waals surface area contributed by atoms with E-state index in [9.17, 15) is 4.79 Å². The molecule has 1 aliphatic heterocycles. The third kappa shape index (κ3) is 3.63. The molecular formula is C18H20N2OS. The van der Waals surface area contributed by atoms with E-state index in [2.05, 4.69) is 35.3 Å². The van der Waals surface area contributed by atoms with Crippen LogP contribution in [-0.4, -0.2) is 24.2 Å². The largest absolute Gasteiger partial charge is 0.360 e. The second-order valence-corrected chi connectivity index (χ2v) is 7.02. The lowest BCUT2D eigenvalue weighted by Gasteiger charge is -2.33. The van der Waals surface area contributed by atoms with Crippen LogP contribution in [-0.2, 0) is 11.3 Å². The van der Waals surface area contributed by atoms with E-state index in [1.165, 1.54) is 10.6 Å². The summed E-state index contributed by atoms with van der Waals surface area (Å²) in [4.78, 5) is 15.7. The fraction of sp³-hybridized carbons (Fsp3) is 0.278. The van der Waals surface area contributed by atoms with Gasteiger partial charge in [-0.25, -0.2) is 0 Å². The second-order valence-electron chi connectivity index (χ2n) is 5.54. The molecule has 0 spiro atoms. The second kappa shape index (κ2) is 6.88. The molecule has 22 heavy (non-hydrogen) atoms. The molecule has 1 aliphatic rings. The van der Waals surface area contributed by atoms with Crippen LogP contribution < -0.4 is 10.2 Å². The van der Waals surface area contributed by atoms with Gasteiger partial charge in [0.2, 0.25) is 5.91 Å². The Morgan fingerprint density at radius 3 is 2.73 bits per heavy atom. The van der Waals surface area contributed by atoms with Crippen molar-refractivity contribution in [3.63, 3.8) is 0 Å². The van der Waals surface area contributed by atoms with Crippen molar-refractivity contribution in [2.24, 2.45) is 0 Å². The molecule has 0 saturated heterocycles. The number of para-hydroxylation sites is 1. The topological polar surface area (TPSA) is 32.3 Å². The van der Waals surface area contributed by atoms with Gasteiger partial charge in [0, 0.05) is 23.2 Å². The van der Waals surface area contributed by atoms with Crippen LogP contribution in [0, 0.1) is 0 Å². The molecule has 1 heterocycles. The maximum absolute atomic E-state index is 12.2. The fourth-order valence-corrected chi connectivity index (χ4v) is 3.82. The number of nitrogens with one attached hydrogen (secondary N) is 1. The van der Waals surface area contributed by atoms with Gasteiger partial charge in [0.05, 0.1) is 12.2 Å². The molecule has 4 heteroatoms. The highest BCUT2D eigenvalue weighted by Gasteiger charge is 2.23. The summed E-state index contributed by atoms with van der Waals surface area (Å²) in [5.74, 6) is 0.0674. The van der Waals surface area contributed by atoms with Crippen LogP contribution in [0.4, 0.5) is 5.69 Å².